The van der Waals surface area contributed by atoms with Gasteiger partial charge in [0.25, 0.3) is 0 Å². The molecule has 6 nitrogen and oxygen atoms in total. The molecular formula is C25H25N3O3. The zero-order valence-electron chi connectivity index (χ0n) is 17.8. The van der Waals surface area contributed by atoms with Crippen molar-refractivity contribution in [2.45, 2.75) is 19.3 Å². The Balaban J connectivity index is 1.80. The number of benzene rings is 2. The Hall–Kier alpha value is -3.54. The number of anilines is 1. The smallest absolute Gasteiger partial charge is 0.232 e. The lowest BCUT2D eigenvalue weighted by molar-refractivity contribution is 0.394. The third-order valence-corrected chi connectivity index (χ3v) is 5.80. The number of methoxy groups -OCH3 is 2. The molecule has 0 amide bonds. The maximum Gasteiger partial charge on any atom is 0.232 e. The summed E-state index contributed by atoms with van der Waals surface area (Å²) < 4.78 is 17.4. The van der Waals surface area contributed by atoms with E-state index in [9.17, 15) is 0 Å². The molecule has 0 unspecified atom stereocenters. The van der Waals surface area contributed by atoms with Crippen LogP contribution in [0.1, 0.15) is 19.3 Å². The summed E-state index contributed by atoms with van der Waals surface area (Å²) in [6.45, 7) is 1.99. The molecule has 5 rings (SSSR count). The van der Waals surface area contributed by atoms with Crippen molar-refractivity contribution in [3.05, 3.63) is 54.9 Å². The first kappa shape index (κ1) is 19.4. The fourth-order valence-electron chi connectivity index (χ4n) is 4.29. The first-order valence-electron chi connectivity index (χ1n) is 10.6. The average molecular weight is 415 g/mol. The minimum atomic E-state index is 0.589. The highest BCUT2D eigenvalue weighted by atomic mass is 16.5. The predicted molar refractivity (Wildman–Crippen MR) is 122 cm³/mol. The van der Waals surface area contributed by atoms with Gasteiger partial charge in [0, 0.05) is 30.3 Å². The molecule has 0 aliphatic carbocycles. The minimum absolute atomic E-state index is 0.589. The molecule has 0 N–H and O–H groups in total. The van der Waals surface area contributed by atoms with E-state index in [-0.39, 0.29) is 0 Å². The average Bonchev–Trinajstić information content (AvgIpc) is 3.24. The van der Waals surface area contributed by atoms with Crippen LogP contribution in [-0.2, 0) is 0 Å². The van der Waals surface area contributed by atoms with E-state index in [0.717, 1.165) is 46.7 Å². The number of aromatic nitrogens is 2. The normalized spacial score (nSPS) is 14.1. The molecule has 0 spiro atoms. The van der Waals surface area contributed by atoms with Crippen LogP contribution in [0.4, 0.5) is 5.82 Å². The summed E-state index contributed by atoms with van der Waals surface area (Å²) in [6, 6.07) is 16.1. The van der Waals surface area contributed by atoms with Crippen LogP contribution in [0, 0.1) is 0 Å². The van der Waals surface area contributed by atoms with Crippen molar-refractivity contribution in [2.75, 3.05) is 32.2 Å². The zero-order chi connectivity index (χ0) is 21.2. The molecule has 4 aromatic rings. The molecule has 0 radical (unpaired) electrons. The second-order valence-electron chi connectivity index (χ2n) is 7.70. The quantitative estimate of drug-likeness (QED) is 0.425. The van der Waals surface area contributed by atoms with Crippen molar-refractivity contribution in [2.24, 2.45) is 0 Å². The number of fused-ring (bicyclic) bond motifs is 1. The van der Waals surface area contributed by atoms with Gasteiger partial charge in [-0.3, -0.25) is 0 Å². The molecule has 1 saturated heterocycles. The first-order chi connectivity index (χ1) is 15.3. The Morgan fingerprint density at radius 3 is 2.23 bits per heavy atom. The van der Waals surface area contributed by atoms with Gasteiger partial charge in [0.1, 0.15) is 29.4 Å². The summed E-state index contributed by atoms with van der Waals surface area (Å²) in [5, 5.41) is 0.951. The number of ether oxygens (including phenoxy) is 2. The lowest BCUT2D eigenvalue weighted by Gasteiger charge is -2.28. The highest BCUT2D eigenvalue weighted by molar-refractivity contribution is 6.06. The summed E-state index contributed by atoms with van der Waals surface area (Å²) in [6.07, 6.45) is 5.20. The van der Waals surface area contributed by atoms with Crippen molar-refractivity contribution in [3.63, 3.8) is 0 Å². The Morgan fingerprint density at radius 2 is 1.55 bits per heavy atom. The van der Waals surface area contributed by atoms with Crippen molar-refractivity contribution >= 4 is 16.9 Å². The molecule has 1 fully saturated rings. The van der Waals surface area contributed by atoms with Crippen LogP contribution in [0.5, 0.6) is 11.5 Å². The number of nitrogens with zero attached hydrogens (tertiary/aromatic N) is 3. The lowest BCUT2D eigenvalue weighted by atomic mass is 9.98. The standard InChI is InChI=1S/C25H25N3O3/c1-29-19-13-18(14-20(15-19)30-2)23-21(17-9-5-3-6-10-17)22-24(26-16-27-25(22)31-23)28-11-7-4-8-12-28/h3,5-6,9-10,13-16H,4,7-8,11-12H2,1-2H3. The van der Waals surface area contributed by atoms with Crippen molar-refractivity contribution in [3.8, 4) is 33.9 Å². The van der Waals surface area contributed by atoms with E-state index < -0.39 is 0 Å². The van der Waals surface area contributed by atoms with Crippen LogP contribution in [-0.4, -0.2) is 37.3 Å². The predicted octanol–water partition coefficient (Wildman–Crippen LogP) is 5.56. The fourth-order valence-corrected chi connectivity index (χ4v) is 4.29. The van der Waals surface area contributed by atoms with E-state index in [1.54, 1.807) is 20.5 Å². The van der Waals surface area contributed by atoms with Gasteiger partial charge in [-0.25, -0.2) is 9.97 Å². The molecule has 3 heterocycles. The maximum absolute atomic E-state index is 6.38. The molecule has 2 aromatic carbocycles. The minimum Gasteiger partial charge on any atom is -0.497 e. The number of furan rings is 1. The van der Waals surface area contributed by atoms with Gasteiger partial charge in [-0.05, 0) is 37.0 Å². The lowest BCUT2D eigenvalue weighted by Crippen LogP contribution is -2.30. The fraction of sp³-hybridized carbons (Fsp3) is 0.280. The van der Waals surface area contributed by atoms with Gasteiger partial charge in [-0.1, -0.05) is 30.3 Å². The van der Waals surface area contributed by atoms with E-state index in [2.05, 4.69) is 22.0 Å². The molecule has 0 bridgehead atoms. The van der Waals surface area contributed by atoms with Gasteiger partial charge in [0.15, 0.2) is 0 Å². The SMILES string of the molecule is COc1cc(OC)cc(-c2oc3ncnc(N4CCCCC4)c3c2-c2ccccc2)c1. The Morgan fingerprint density at radius 1 is 0.839 bits per heavy atom. The largest absolute Gasteiger partial charge is 0.497 e. The van der Waals surface area contributed by atoms with E-state index in [4.69, 9.17) is 18.9 Å². The Kier molecular flexibility index (Phi) is 5.20. The molecule has 158 valence electrons. The van der Waals surface area contributed by atoms with Crippen molar-refractivity contribution in [1.82, 2.24) is 9.97 Å². The van der Waals surface area contributed by atoms with Crippen LogP contribution in [0.25, 0.3) is 33.6 Å². The van der Waals surface area contributed by atoms with Gasteiger partial charge in [-0.2, -0.15) is 0 Å². The second-order valence-corrected chi connectivity index (χ2v) is 7.70. The molecule has 31 heavy (non-hydrogen) atoms. The Bertz CT molecular complexity index is 1180. The first-order valence-corrected chi connectivity index (χ1v) is 10.6. The number of hydrogen-bond donors (Lipinski definition) is 0. The second kappa shape index (κ2) is 8.30. The zero-order valence-corrected chi connectivity index (χ0v) is 17.8. The highest BCUT2D eigenvalue weighted by Gasteiger charge is 2.25. The third-order valence-electron chi connectivity index (χ3n) is 5.80. The molecule has 6 heteroatoms. The van der Waals surface area contributed by atoms with Gasteiger partial charge >= 0.3 is 0 Å². The number of piperidine rings is 1. The van der Waals surface area contributed by atoms with Crippen LogP contribution in [0.2, 0.25) is 0 Å². The highest BCUT2D eigenvalue weighted by Crippen LogP contribution is 2.45. The Labute approximate surface area is 181 Å². The molecular weight excluding hydrogens is 390 g/mol. The molecule has 2 aromatic heterocycles. The molecule has 1 aliphatic heterocycles. The molecule has 1 aliphatic rings. The summed E-state index contributed by atoms with van der Waals surface area (Å²) in [4.78, 5) is 11.5. The van der Waals surface area contributed by atoms with Gasteiger partial charge < -0.3 is 18.8 Å². The van der Waals surface area contributed by atoms with Crippen molar-refractivity contribution in [1.29, 1.82) is 0 Å². The number of hydrogen-bond acceptors (Lipinski definition) is 6. The molecule has 0 atom stereocenters. The number of rotatable bonds is 5. The van der Waals surface area contributed by atoms with E-state index in [1.165, 1.54) is 19.3 Å². The van der Waals surface area contributed by atoms with Gasteiger partial charge in [-0.15, -0.1) is 0 Å². The van der Waals surface area contributed by atoms with E-state index in [0.29, 0.717) is 17.2 Å². The summed E-state index contributed by atoms with van der Waals surface area (Å²) >= 11 is 0. The van der Waals surface area contributed by atoms with Crippen LogP contribution in [0.15, 0.2) is 59.3 Å². The third kappa shape index (κ3) is 3.58. The van der Waals surface area contributed by atoms with Gasteiger partial charge in [0.2, 0.25) is 5.71 Å². The summed E-state index contributed by atoms with van der Waals surface area (Å²) in [5.41, 5.74) is 3.52. The van der Waals surface area contributed by atoms with Crippen LogP contribution < -0.4 is 14.4 Å². The molecule has 0 saturated carbocycles. The monoisotopic (exact) mass is 415 g/mol. The van der Waals surface area contributed by atoms with Gasteiger partial charge in [0.05, 0.1) is 19.6 Å². The topological polar surface area (TPSA) is 60.6 Å². The van der Waals surface area contributed by atoms with E-state index >= 15 is 0 Å². The summed E-state index contributed by atoms with van der Waals surface area (Å²) in [5.74, 6) is 3.08. The maximum atomic E-state index is 6.38. The van der Waals surface area contributed by atoms with Crippen LogP contribution >= 0.6 is 0 Å². The van der Waals surface area contributed by atoms with Crippen LogP contribution in [0.3, 0.4) is 0 Å². The van der Waals surface area contributed by atoms with Crippen molar-refractivity contribution < 1.29 is 13.9 Å². The summed E-state index contributed by atoms with van der Waals surface area (Å²) in [7, 11) is 3.30. The van der Waals surface area contributed by atoms with E-state index in [1.807, 2.05) is 36.4 Å².